The van der Waals surface area contributed by atoms with Gasteiger partial charge in [-0.15, -0.1) is 0 Å². The van der Waals surface area contributed by atoms with Crippen LogP contribution in [0.2, 0.25) is 0 Å². The molecule has 0 aromatic heterocycles. The Kier molecular flexibility index (Phi) is 23.5. The van der Waals surface area contributed by atoms with Gasteiger partial charge in [0.1, 0.15) is 0 Å². The highest BCUT2D eigenvalue weighted by atomic mass is 127. The van der Waals surface area contributed by atoms with E-state index in [-0.39, 0.29) is 0 Å². The largest absolute Gasteiger partial charge is 0.229 e. The predicted octanol–water partition coefficient (Wildman–Crippen LogP) is 6.55. The van der Waals surface area contributed by atoms with Gasteiger partial charge in [0.2, 0.25) is 0 Å². The van der Waals surface area contributed by atoms with Crippen LogP contribution in [0.15, 0.2) is 4.40 Å². The van der Waals surface area contributed by atoms with Crippen molar-refractivity contribution in [3.8, 4) is 0 Å². The fourth-order valence-corrected chi connectivity index (χ4v) is 2.82. The van der Waals surface area contributed by atoms with E-state index in [1.165, 1.54) is 55.8 Å². The van der Waals surface area contributed by atoms with E-state index in [9.17, 15) is 0 Å². The van der Waals surface area contributed by atoms with E-state index >= 15 is 0 Å². The number of nitrogens with zero attached hydrogens (tertiary/aromatic N) is 1. The number of unbranched alkanes of at least 4 members (excludes halogenated alkanes) is 1. The van der Waals surface area contributed by atoms with Crippen molar-refractivity contribution in [3.63, 3.8) is 0 Å². The van der Waals surface area contributed by atoms with Crippen LogP contribution >= 0.6 is 34.5 Å². The molecule has 1 rings (SSSR count). The van der Waals surface area contributed by atoms with Crippen LogP contribution in [-0.4, -0.2) is 16.9 Å². The third-order valence-corrected chi connectivity index (χ3v) is 3.95. The van der Waals surface area contributed by atoms with Gasteiger partial charge in [-0.1, -0.05) is 81.9 Å². The minimum absolute atomic E-state index is 0.944. The van der Waals surface area contributed by atoms with Crippen LogP contribution in [0.3, 0.4) is 0 Å². The van der Waals surface area contributed by atoms with Crippen LogP contribution in [0.5, 0.6) is 0 Å². The van der Waals surface area contributed by atoms with Gasteiger partial charge in [-0.05, 0) is 35.1 Å². The molecule has 0 saturated heterocycles. The third kappa shape index (κ3) is 16.8. The number of halogens is 1. The average Bonchev–Trinajstić information content (AvgIpc) is 2.44. The molecule has 0 aromatic rings. The van der Waals surface area contributed by atoms with Crippen molar-refractivity contribution in [2.24, 2.45) is 10.3 Å². The Morgan fingerprint density at radius 2 is 1.83 bits per heavy atom. The Morgan fingerprint density at radius 1 is 1.22 bits per heavy atom. The van der Waals surface area contributed by atoms with E-state index in [1.54, 1.807) is 11.9 Å². The molecule has 0 aliphatic heterocycles. The molecule has 0 bridgehead atoms. The molecule has 1 nitrogen and oxygen atoms in total. The van der Waals surface area contributed by atoms with Gasteiger partial charge in [0.25, 0.3) is 0 Å². The molecule has 1 aliphatic rings. The molecule has 3 heteroatoms. The van der Waals surface area contributed by atoms with Crippen molar-refractivity contribution in [2.75, 3.05) is 10.7 Å². The molecule has 1 aliphatic carbocycles. The minimum atomic E-state index is 0.944. The minimum Gasteiger partial charge on any atom is -0.229 e. The molecule has 0 amide bonds. The van der Waals surface area contributed by atoms with E-state index in [0.29, 0.717) is 0 Å². The lowest BCUT2D eigenvalue weighted by Gasteiger charge is -2.19. The Hall–Kier alpha value is 0.750. The zero-order valence-electron chi connectivity index (χ0n) is 12.8. The summed E-state index contributed by atoms with van der Waals surface area (Å²) in [6.45, 7) is 6.21. The number of hydrogen-bond donors (Lipinski definition) is 0. The van der Waals surface area contributed by atoms with Crippen LogP contribution in [-0.2, 0) is 0 Å². The van der Waals surface area contributed by atoms with Crippen molar-refractivity contribution in [1.29, 1.82) is 0 Å². The van der Waals surface area contributed by atoms with Gasteiger partial charge >= 0.3 is 0 Å². The van der Waals surface area contributed by atoms with Gasteiger partial charge < -0.3 is 0 Å². The van der Waals surface area contributed by atoms with Gasteiger partial charge in [0.15, 0.2) is 0 Å². The first-order chi connectivity index (χ1) is 8.85. The molecule has 18 heavy (non-hydrogen) atoms. The number of rotatable bonds is 5. The van der Waals surface area contributed by atoms with Crippen LogP contribution in [0, 0.1) is 5.92 Å². The van der Waals surface area contributed by atoms with Crippen molar-refractivity contribution >= 4 is 40.8 Å². The quantitative estimate of drug-likeness (QED) is 0.226. The molecule has 110 valence electrons. The highest BCUT2D eigenvalue weighted by Gasteiger charge is 2.11. The molecule has 0 aromatic carbocycles. The summed E-state index contributed by atoms with van der Waals surface area (Å²) in [7, 11) is 0. The van der Waals surface area contributed by atoms with Crippen LogP contribution in [0.25, 0.3) is 0 Å². The van der Waals surface area contributed by atoms with Crippen molar-refractivity contribution in [1.82, 2.24) is 0 Å². The second-order valence-corrected chi connectivity index (χ2v) is 5.91. The molecule has 0 heterocycles. The van der Waals surface area contributed by atoms with Crippen molar-refractivity contribution < 1.29 is 0 Å². The third-order valence-electron chi connectivity index (χ3n) is 2.83. The van der Waals surface area contributed by atoms with Gasteiger partial charge in [-0.25, -0.2) is 4.40 Å². The molecular formula is C15H32INS. The summed E-state index contributed by atoms with van der Waals surface area (Å²) in [5, 5.41) is 0. The first kappa shape index (κ1) is 21.1. The predicted molar refractivity (Wildman–Crippen MR) is 98.3 cm³/mol. The summed E-state index contributed by atoms with van der Waals surface area (Å²) in [5.41, 5.74) is 0. The van der Waals surface area contributed by atoms with Crippen LogP contribution in [0.1, 0.15) is 72.1 Å². The lowest BCUT2D eigenvalue weighted by Crippen LogP contribution is -2.05. The molecular weight excluding hydrogens is 353 g/mol. The monoisotopic (exact) mass is 385 g/mol. The molecule has 0 unspecified atom stereocenters. The summed E-state index contributed by atoms with van der Waals surface area (Å²) in [6.07, 6.45) is 15.2. The van der Waals surface area contributed by atoms with Gasteiger partial charge in [0, 0.05) is 12.5 Å². The Morgan fingerprint density at radius 3 is 2.22 bits per heavy atom. The Balaban J connectivity index is 0. The van der Waals surface area contributed by atoms with Crippen LogP contribution < -0.4 is 0 Å². The van der Waals surface area contributed by atoms with Crippen LogP contribution in [0.4, 0.5) is 0 Å². The average molecular weight is 385 g/mol. The van der Waals surface area contributed by atoms with Crippen molar-refractivity contribution in [3.05, 3.63) is 0 Å². The standard InChI is InChI=1S/C9H17NS.C4H9I.C2H6/c1-11-10-8-7-9-5-3-2-4-6-9;1-2-3-4-5;1-2/h8-9H,2-7H2,1H3;2-4H2,1H3;1-2H3/b10-8+;;. The van der Waals surface area contributed by atoms with E-state index in [0.717, 1.165) is 5.92 Å². The van der Waals surface area contributed by atoms with Crippen molar-refractivity contribution in [2.45, 2.75) is 72.1 Å². The normalized spacial score (nSPS) is 15.6. The zero-order valence-corrected chi connectivity index (χ0v) is 15.7. The fraction of sp³-hybridized carbons (Fsp3) is 0.933. The van der Waals surface area contributed by atoms with E-state index < -0.39 is 0 Å². The fourth-order valence-electron chi connectivity index (χ4n) is 1.82. The summed E-state index contributed by atoms with van der Waals surface area (Å²) in [6, 6.07) is 0. The summed E-state index contributed by atoms with van der Waals surface area (Å²) in [5.74, 6) is 0.944. The summed E-state index contributed by atoms with van der Waals surface area (Å²) in [4.78, 5) is 0. The Labute approximate surface area is 133 Å². The smallest absolute Gasteiger partial charge is 0.0128 e. The van der Waals surface area contributed by atoms with E-state index in [2.05, 4.69) is 40.1 Å². The van der Waals surface area contributed by atoms with Gasteiger partial charge in [-0.3, -0.25) is 0 Å². The molecule has 1 fully saturated rings. The summed E-state index contributed by atoms with van der Waals surface area (Å²) < 4.78 is 5.47. The lowest BCUT2D eigenvalue weighted by molar-refractivity contribution is 0.370. The first-order valence-corrected chi connectivity index (χ1v) is 10.2. The first-order valence-electron chi connectivity index (χ1n) is 7.46. The summed E-state index contributed by atoms with van der Waals surface area (Å²) >= 11 is 3.95. The topological polar surface area (TPSA) is 12.4 Å². The van der Waals surface area contributed by atoms with E-state index in [4.69, 9.17) is 0 Å². The maximum atomic E-state index is 4.16. The zero-order chi connectivity index (χ0) is 14.1. The molecule has 0 spiro atoms. The highest BCUT2D eigenvalue weighted by molar-refractivity contribution is 14.1. The van der Waals surface area contributed by atoms with Gasteiger partial charge in [-0.2, -0.15) is 0 Å². The second-order valence-electron chi connectivity index (χ2n) is 4.25. The molecule has 0 radical (unpaired) electrons. The van der Waals surface area contributed by atoms with E-state index in [1.807, 2.05) is 20.1 Å². The molecule has 0 N–H and O–H groups in total. The molecule has 0 atom stereocenters. The SMILES string of the molecule is CC.CCCCI.CS/N=C/CC1CCCCC1. The maximum absolute atomic E-state index is 4.16. The maximum Gasteiger partial charge on any atom is 0.0128 e. The number of hydrogen-bond acceptors (Lipinski definition) is 2. The molecule has 1 saturated carbocycles. The lowest BCUT2D eigenvalue weighted by atomic mass is 9.87. The second kappa shape index (κ2) is 20.1. The number of alkyl halides is 1. The highest BCUT2D eigenvalue weighted by Crippen LogP contribution is 2.25. The van der Waals surface area contributed by atoms with Gasteiger partial charge in [0.05, 0.1) is 0 Å². The Bertz CT molecular complexity index is 155.